The average molecular weight is 418 g/mol. The molecule has 110 valence electrons. The lowest BCUT2D eigenvalue weighted by Gasteiger charge is -2.10. The topological polar surface area (TPSA) is 89.3 Å². The minimum atomic E-state index is -3.86. The summed E-state index contributed by atoms with van der Waals surface area (Å²) in [5.74, 6) is 0. The second kappa shape index (κ2) is 5.98. The van der Waals surface area contributed by atoms with Gasteiger partial charge in [-0.05, 0) is 59.3 Å². The minimum Gasteiger partial charge on any atom is -0.279 e. The first-order chi connectivity index (χ1) is 9.79. The molecule has 0 atom stereocenters. The number of anilines is 1. The summed E-state index contributed by atoms with van der Waals surface area (Å²) in [6.07, 6.45) is 0. The number of benzene rings is 2. The van der Waals surface area contributed by atoms with E-state index in [9.17, 15) is 18.5 Å². The van der Waals surface area contributed by atoms with Crippen LogP contribution in [-0.4, -0.2) is 13.3 Å². The minimum absolute atomic E-state index is 0.144. The molecule has 2 aromatic rings. The molecule has 0 aliphatic rings. The molecule has 0 radical (unpaired) electrons. The van der Waals surface area contributed by atoms with E-state index in [1.54, 1.807) is 19.1 Å². The smallest absolute Gasteiger partial charge is 0.270 e. The maximum atomic E-state index is 12.3. The lowest BCUT2D eigenvalue weighted by Crippen LogP contribution is -2.14. The summed E-state index contributed by atoms with van der Waals surface area (Å²) in [5, 5.41) is 10.7. The van der Waals surface area contributed by atoms with Gasteiger partial charge in [-0.2, -0.15) is 0 Å². The van der Waals surface area contributed by atoms with Gasteiger partial charge in [-0.25, -0.2) is 8.42 Å². The Labute approximate surface area is 135 Å². The van der Waals surface area contributed by atoms with Crippen molar-refractivity contribution in [2.45, 2.75) is 11.8 Å². The van der Waals surface area contributed by atoms with Crippen LogP contribution in [0.15, 0.2) is 47.4 Å². The first kappa shape index (κ1) is 15.7. The first-order valence-corrected chi connectivity index (χ1v) is 8.39. The van der Waals surface area contributed by atoms with Crippen LogP contribution in [0.3, 0.4) is 0 Å². The number of nitro benzene ring substituents is 1. The Hall–Kier alpha value is -1.68. The van der Waals surface area contributed by atoms with Crippen LogP contribution < -0.4 is 4.72 Å². The van der Waals surface area contributed by atoms with E-state index in [1.165, 1.54) is 18.2 Å². The molecule has 0 unspecified atom stereocenters. The van der Waals surface area contributed by atoms with Crippen LogP contribution in [0.25, 0.3) is 0 Å². The molecule has 0 aromatic heterocycles. The first-order valence-electron chi connectivity index (χ1n) is 5.83. The molecule has 2 aromatic carbocycles. The molecule has 1 N–H and O–H groups in total. The highest BCUT2D eigenvalue weighted by molar-refractivity contribution is 14.1. The van der Waals surface area contributed by atoms with E-state index >= 15 is 0 Å². The number of hydrogen-bond acceptors (Lipinski definition) is 4. The third kappa shape index (κ3) is 3.70. The molecule has 0 aliphatic heterocycles. The molecule has 21 heavy (non-hydrogen) atoms. The van der Waals surface area contributed by atoms with Gasteiger partial charge in [0.25, 0.3) is 15.7 Å². The van der Waals surface area contributed by atoms with Gasteiger partial charge in [0.05, 0.1) is 15.5 Å². The predicted molar refractivity (Wildman–Crippen MR) is 87.8 cm³/mol. The number of rotatable bonds is 4. The lowest BCUT2D eigenvalue weighted by atomic mass is 10.2. The summed E-state index contributed by atoms with van der Waals surface area (Å²) >= 11 is 2.13. The summed E-state index contributed by atoms with van der Waals surface area (Å²) in [5.41, 5.74) is 0.954. The predicted octanol–water partition coefficient (Wildman–Crippen LogP) is 3.31. The molecule has 0 spiro atoms. The fraction of sp³-hybridized carbons (Fsp3) is 0.0769. The Bertz CT molecular complexity index is 806. The van der Waals surface area contributed by atoms with Gasteiger partial charge in [-0.3, -0.25) is 14.8 Å². The van der Waals surface area contributed by atoms with E-state index in [0.717, 1.165) is 15.2 Å². The average Bonchev–Trinajstić information content (AvgIpc) is 2.42. The van der Waals surface area contributed by atoms with E-state index in [-0.39, 0.29) is 10.6 Å². The van der Waals surface area contributed by atoms with Crippen LogP contribution in [0.5, 0.6) is 0 Å². The highest BCUT2D eigenvalue weighted by Crippen LogP contribution is 2.23. The van der Waals surface area contributed by atoms with Crippen molar-refractivity contribution >= 4 is 44.0 Å². The molecule has 0 amide bonds. The normalized spacial score (nSPS) is 11.1. The lowest BCUT2D eigenvalue weighted by molar-refractivity contribution is -0.385. The molecule has 0 saturated heterocycles. The van der Waals surface area contributed by atoms with Gasteiger partial charge in [-0.1, -0.05) is 6.07 Å². The number of non-ortho nitro benzene ring substituents is 1. The number of nitrogens with zero attached hydrogens (tertiary/aromatic N) is 1. The van der Waals surface area contributed by atoms with E-state index in [2.05, 4.69) is 27.3 Å². The van der Waals surface area contributed by atoms with Gasteiger partial charge in [0.1, 0.15) is 0 Å². The molecule has 0 saturated carbocycles. The van der Waals surface area contributed by atoms with Crippen molar-refractivity contribution in [3.63, 3.8) is 0 Å². The molecular formula is C13H11IN2O4S. The van der Waals surface area contributed by atoms with Crippen molar-refractivity contribution in [2.75, 3.05) is 4.72 Å². The molecular weight excluding hydrogens is 407 g/mol. The second-order valence-corrected chi connectivity index (χ2v) is 7.25. The third-order valence-electron chi connectivity index (χ3n) is 2.77. The van der Waals surface area contributed by atoms with Crippen molar-refractivity contribution in [1.29, 1.82) is 0 Å². The Kier molecular flexibility index (Phi) is 4.47. The van der Waals surface area contributed by atoms with Crippen LogP contribution in [0.4, 0.5) is 11.4 Å². The van der Waals surface area contributed by atoms with Gasteiger partial charge in [0.2, 0.25) is 0 Å². The van der Waals surface area contributed by atoms with Gasteiger partial charge in [0, 0.05) is 15.7 Å². The molecule has 0 bridgehead atoms. The Balaban J connectivity index is 2.38. The summed E-state index contributed by atoms with van der Waals surface area (Å²) in [6.45, 7) is 1.79. The van der Waals surface area contributed by atoms with Crippen molar-refractivity contribution in [3.05, 3.63) is 61.7 Å². The standard InChI is InChI=1S/C13H11IN2O4S/c1-9-7-10(14)5-6-13(9)15-21(19,20)12-4-2-3-11(8-12)16(17)18/h2-8,15H,1H3. The Morgan fingerprint density at radius 1 is 1.19 bits per heavy atom. The number of nitrogens with one attached hydrogen (secondary N) is 1. The fourth-order valence-corrected chi connectivity index (χ4v) is 3.53. The van der Waals surface area contributed by atoms with Crippen molar-refractivity contribution in [3.8, 4) is 0 Å². The molecule has 8 heteroatoms. The van der Waals surface area contributed by atoms with Crippen molar-refractivity contribution in [2.24, 2.45) is 0 Å². The van der Waals surface area contributed by atoms with E-state index < -0.39 is 14.9 Å². The van der Waals surface area contributed by atoms with Crippen LogP contribution in [0, 0.1) is 20.6 Å². The van der Waals surface area contributed by atoms with Gasteiger partial charge in [0.15, 0.2) is 0 Å². The summed E-state index contributed by atoms with van der Waals surface area (Å²) in [4.78, 5) is 9.95. The third-order valence-corrected chi connectivity index (χ3v) is 4.81. The Morgan fingerprint density at radius 3 is 2.52 bits per heavy atom. The summed E-state index contributed by atoms with van der Waals surface area (Å²) in [6, 6.07) is 10.2. The maximum Gasteiger partial charge on any atom is 0.270 e. The molecule has 0 aliphatic carbocycles. The molecule has 0 heterocycles. The SMILES string of the molecule is Cc1cc(I)ccc1NS(=O)(=O)c1cccc([N+](=O)[O-])c1. The van der Waals surface area contributed by atoms with E-state index in [4.69, 9.17) is 0 Å². The number of hydrogen-bond donors (Lipinski definition) is 1. The van der Waals surface area contributed by atoms with Crippen LogP contribution in [0.2, 0.25) is 0 Å². The molecule has 6 nitrogen and oxygen atoms in total. The Morgan fingerprint density at radius 2 is 1.90 bits per heavy atom. The van der Waals surface area contributed by atoms with E-state index in [0.29, 0.717) is 5.69 Å². The highest BCUT2D eigenvalue weighted by atomic mass is 127. The van der Waals surface area contributed by atoms with Crippen molar-refractivity contribution in [1.82, 2.24) is 0 Å². The van der Waals surface area contributed by atoms with Crippen LogP contribution >= 0.6 is 22.6 Å². The van der Waals surface area contributed by atoms with Crippen molar-refractivity contribution < 1.29 is 13.3 Å². The van der Waals surface area contributed by atoms with E-state index in [1.807, 2.05) is 6.07 Å². The van der Waals surface area contributed by atoms with Crippen LogP contribution in [-0.2, 0) is 10.0 Å². The zero-order chi connectivity index (χ0) is 15.6. The number of aryl methyl sites for hydroxylation is 1. The maximum absolute atomic E-state index is 12.3. The summed E-state index contributed by atoms with van der Waals surface area (Å²) in [7, 11) is -3.86. The van der Waals surface area contributed by atoms with Gasteiger partial charge in [-0.15, -0.1) is 0 Å². The second-order valence-electron chi connectivity index (χ2n) is 4.32. The zero-order valence-electron chi connectivity index (χ0n) is 10.9. The zero-order valence-corrected chi connectivity index (χ0v) is 13.9. The largest absolute Gasteiger partial charge is 0.279 e. The molecule has 2 rings (SSSR count). The fourth-order valence-electron chi connectivity index (χ4n) is 1.71. The number of halogens is 1. The summed E-state index contributed by atoms with van der Waals surface area (Å²) < 4.78 is 28.0. The van der Waals surface area contributed by atoms with Crippen LogP contribution in [0.1, 0.15) is 5.56 Å². The number of nitro groups is 1. The molecule has 0 fully saturated rings. The highest BCUT2D eigenvalue weighted by Gasteiger charge is 2.18. The quantitative estimate of drug-likeness (QED) is 0.469. The van der Waals surface area contributed by atoms with Gasteiger partial charge >= 0.3 is 0 Å². The monoisotopic (exact) mass is 418 g/mol. The number of sulfonamides is 1. The van der Waals surface area contributed by atoms with Gasteiger partial charge < -0.3 is 0 Å².